The van der Waals surface area contributed by atoms with Crippen LogP contribution in [0.3, 0.4) is 0 Å². The van der Waals surface area contributed by atoms with Crippen LogP contribution in [0.4, 0.5) is 0 Å². The maximum atomic E-state index is 12.3. The van der Waals surface area contributed by atoms with Crippen LogP contribution in [0.2, 0.25) is 0 Å². The fourth-order valence-electron chi connectivity index (χ4n) is 2.09. The van der Waals surface area contributed by atoms with Gasteiger partial charge in [-0.05, 0) is 31.2 Å². The highest BCUT2D eigenvalue weighted by molar-refractivity contribution is 7.89. The first kappa shape index (κ1) is 15.7. The molecule has 1 heterocycles. The summed E-state index contributed by atoms with van der Waals surface area (Å²) < 4.78 is 31.8. The van der Waals surface area contributed by atoms with Crippen LogP contribution >= 0.6 is 0 Å². The van der Waals surface area contributed by atoms with E-state index in [4.69, 9.17) is 0 Å². The first-order valence-corrected chi connectivity index (χ1v) is 8.21. The van der Waals surface area contributed by atoms with Crippen LogP contribution in [0.1, 0.15) is 30.6 Å². The van der Waals surface area contributed by atoms with E-state index in [0.29, 0.717) is 5.69 Å². The van der Waals surface area contributed by atoms with Gasteiger partial charge in [-0.3, -0.25) is 0 Å². The van der Waals surface area contributed by atoms with Gasteiger partial charge in [-0.25, -0.2) is 13.1 Å². The largest absolute Gasteiger partial charge is 0.364 e. The highest BCUT2D eigenvalue weighted by atomic mass is 32.2. The quantitative estimate of drug-likeness (QED) is 0.815. The Hall–Kier alpha value is -1.70. The molecular weight excluding hydrogens is 290 g/mol. The summed E-state index contributed by atoms with van der Waals surface area (Å²) in [5.74, 6) is 0. The minimum absolute atomic E-state index is 0.103. The normalized spacial score (nSPS) is 13.2. The average molecular weight is 309 g/mol. The Morgan fingerprint density at radius 3 is 2.76 bits per heavy atom. The van der Waals surface area contributed by atoms with Crippen LogP contribution in [0.5, 0.6) is 0 Å². The maximum absolute atomic E-state index is 12.3. The summed E-state index contributed by atoms with van der Waals surface area (Å²) in [4.78, 5) is 0.247. The average Bonchev–Trinajstić information content (AvgIpc) is 3.00. The molecular formula is C14H19N3O3S. The van der Waals surface area contributed by atoms with E-state index in [9.17, 15) is 8.42 Å². The summed E-state index contributed by atoms with van der Waals surface area (Å²) in [5, 5.41) is 6.84. The standard InChI is InChI=1S/C14H19N3O3S/c1-3-14(15-2)11-5-4-6-13(9-11)21(18,19)16-10-12-7-8-20-17-12/h4-9,14-16H,3,10H2,1-2H3. The van der Waals surface area contributed by atoms with Crippen LogP contribution in [0.25, 0.3) is 0 Å². The number of rotatable bonds is 7. The van der Waals surface area contributed by atoms with Crippen molar-refractivity contribution in [2.75, 3.05) is 7.05 Å². The Bertz CT molecular complexity index is 665. The Morgan fingerprint density at radius 1 is 1.33 bits per heavy atom. The molecule has 2 rings (SSSR count). The molecule has 0 fully saturated rings. The van der Waals surface area contributed by atoms with Gasteiger partial charge >= 0.3 is 0 Å². The van der Waals surface area contributed by atoms with E-state index >= 15 is 0 Å². The van der Waals surface area contributed by atoms with Gasteiger partial charge in [0.15, 0.2) is 0 Å². The minimum atomic E-state index is -3.57. The summed E-state index contributed by atoms with van der Waals surface area (Å²) in [6, 6.07) is 8.69. The topological polar surface area (TPSA) is 84.2 Å². The van der Waals surface area contributed by atoms with Crippen molar-refractivity contribution in [2.24, 2.45) is 0 Å². The molecule has 6 nitrogen and oxygen atoms in total. The number of hydrogen-bond acceptors (Lipinski definition) is 5. The predicted molar refractivity (Wildman–Crippen MR) is 79.1 cm³/mol. The predicted octanol–water partition coefficient (Wildman–Crippen LogP) is 1.82. The first-order valence-electron chi connectivity index (χ1n) is 6.73. The van der Waals surface area contributed by atoms with Crippen LogP contribution in [0, 0.1) is 0 Å². The third kappa shape index (κ3) is 3.90. The fourth-order valence-corrected chi connectivity index (χ4v) is 3.14. The Labute approximate surface area is 124 Å². The molecule has 1 unspecified atom stereocenters. The molecule has 0 aliphatic carbocycles. The third-order valence-corrected chi connectivity index (χ3v) is 4.66. The monoisotopic (exact) mass is 309 g/mol. The molecule has 7 heteroatoms. The van der Waals surface area contributed by atoms with Gasteiger partial charge < -0.3 is 9.84 Å². The Kier molecular flexibility index (Phi) is 5.11. The van der Waals surface area contributed by atoms with Crippen molar-refractivity contribution in [1.29, 1.82) is 0 Å². The molecule has 0 aliphatic rings. The summed E-state index contributed by atoms with van der Waals surface area (Å²) in [7, 11) is -1.71. The SMILES string of the molecule is CCC(NC)c1cccc(S(=O)(=O)NCc2ccon2)c1. The molecule has 0 saturated carbocycles. The van der Waals surface area contributed by atoms with E-state index in [2.05, 4.69) is 19.7 Å². The number of sulfonamides is 1. The van der Waals surface area contributed by atoms with Gasteiger partial charge in [0.1, 0.15) is 6.26 Å². The van der Waals surface area contributed by atoms with Crippen LogP contribution < -0.4 is 10.0 Å². The van der Waals surface area contributed by atoms with Gasteiger partial charge in [0.2, 0.25) is 10.0 Å². The zero-order valence-electron chi connectivity index (χ0n) is 12.0. The number of nitrogens with zero attached hydrogens (tertiary/aromatic N) is 1. The second kappa shape index (κ2) is 6.84. The molecule has 1 aromatic carbocycles. The molecule has 1 atom stereocenters. The Morgan fingerprint density at radius 2 is 2.14 bits per heavy atom. The van der Waals surface area contributed by atoms with Crippen molar-refractivity contribution in [3.63, 3.8) is 0 Å². The highest BCUT2D eigenvalue weighted by Gasteiger charge is 2.16. The number of nitrogens with one attached hydrogen (secondary N) is 2. The number of benzene rings is 1. The van der Waals surface area contributed by atoms with Gasteiger partial charge in [0, 0.05) is 12.1 Å². The molecule has 2 N–H and O–H groups in total. The van der Waals surface area contributed by atoms with Gasteiger partial charge in [-0.1, -0.05) is 24.2 Å². The molecule has 114 valence electrons. The lowest BCUT2D eigenvalue weighted by molar-refractivity contribution is 0.411. The molecule has 0 saturated heterocycles. The van der Waals surface area contributed by atoms with E-state index < -0.39 is 10.0 Å². The van der Waals surface area contributed by atoms with E-state index in [0.717, 1.165) is 12.0 Å². The van der Waals surface area contributed by atoms with Crippen molar-refractivity contribution < 1.29 is 12.9 Å². The Balaban J connectivity index is 2.17. The molecule has 1 aromatic heterocycles. The van der Waals surface area contributed by atoms with Crippen molar-refractivity contribution >= 4 is 10.0 Å². The van der Waals surface area contributed by atoms with E-state index in [1.807, 2.05) is 20.0 Å². The maximum Gasteiger partial charge on any atom is 0.240 e. The zero-order chi connectivity index (χ0) is 15.3. The van der Waals surface area contributed by atoms with E-state index in [1.54, 1.807) is 24.3 Å². The van der Waals surface area contributed by atoms with Crippen LogP contribution in [-0.2, 0) is 16.6 Å². The lowest BCUT2D eigenvalue weighted by Gasteiger charge is -2.15. The summed E-state index contributed by atoms with van der Waals surface area (Å²) >= 11 is 0. The second-order valence-corrected chi connectivity index (χ2v) is 6.40. The molecule has 0 amide bonds. The molecule has 0 bridgehead atoms. The molecule has 0 spiro atoms. The fraction of sp³-hybridized carbons (Fsp3) is 0.357. The van der Waals surface area contributed by atoms with Crippen molar-refractivity contribution in [1.82, 2.24) is 15.2 Å². The minimum Gasteiger partial charge on any atom is -0.364 e. The van der Waals surface area contributed by atoms with Crippen LogP contribution in [-0.4, -0.2) is 20.6 Å². The molecule has 0 radical (unpaired) electrons. The van der Waals surface area contributed by atoms with Gasteiger partial charge in [0.25, 0.3) is 0 Å². The van der Waals surface area contributed by atoms with Gasteiger partial charge in [0.05, 0.1) is 17.1 Å². The highest BCUT2D eigenvalue weighted by Crippen LogP contribution is 2.19. The lowest BCUT2D eigenvalue weighted by Crippen LogP contribution is -2.24. The van der Waals surface area contributed by atoms with Crippen molar-refractivity contribution in [2.45, 2.75) is 30.8 Å². The van der Waals surface area contributed by atoms with Crippen molar-refractivity contribution in [3.05, 3.63) is 47.9 Å². The zero-order valence-corrected chi connectivity index (χ0v) is 12.9. The molecule has 0 aliphatic heterocycles. The number of hydrogen-bond donors (Lipinski definition) is 2. The lowest BCUT2D eigenvalue weighted by atomic mass is 10.1. The van der Waals surface area contributed by atoms with E-state index in [-0.39, 0.29) is 17.5 Å². The van der Waals surface area contributed by atoms with Crippen LogP contribution in [0.15, 0.2) is 46.0 Å². The van der Waals surface area contributed by atoms with Crippen molar-refractivity contribution in [3.8, 4) is 0 Å². The van der Waals surface area contributed by atoms with Gasteiger partial charge in [-0.15, -0.1) is 0 Å². The third-order valence-electron chi connectivity index (χ3n) is 3.26. The summed E-state index contributed by atoms with van der Waals surface area (Å²) in [5.41, 5.74) is 1.49. The second-order valence-electron chi connectivity index (χ2n) is 4.64. The smallest absolute Gasteiger partial charge is 0.240 e. The first-order chi connectivity index (χ1) is 10.1. The molecule has 21 heavy (non-hydrogen) atoms. The van der Waals surface area contributed by atoms with Gasteiger partial charge in [-0.2, -0.15) is 0 Å². The molecule has 2 aromatic rings. The summed E-state index contributed by atoms with van der Waals surface area (Å²) in [6.07, 6.45) is 2.29. The summed E-state index contributed by atoms with van der Waals surface area (Å²) in [6.45, 7) is 2.15. The van der Waals surface area contributed by atoms with E-state index in [1.165, 1.54) is 6.26 Å². The number of aromatic nitrogens is 1.